The maximum atomic E-state index is 13.7. The minimum Gasteiger partial charge on any atom is -0.495 e. The van der Waals surface area contributed by atoms with Gasteiger partial charge in [-0.05, 0) is 77.9 Å². The molecule has 0 spiro atoms. The maximum Gasteiger partial charge on any atom is 0.267 e. The summed E-state index contributed by atoms with van der Waals surface area (Å²) in [5.74, 6) is 0.608. The van der Waals surface area contributed by atoms with E-state index in [-0.39, 0.29) is 27.8 Å². The molecule has 2 aromatic carbocycles. The summed E-state index contributed by atoms with van der Waals surface area (Å²) >= 11 is 1.87. The van der Waals surface area contributed by atoms with Crippen LogP contribution in [0.1, 0.15) is 11.1 Å². The van der Waals surface area contributed by atoms with Crippen molar-refractivity contribution in [1.82, 2.24) is 4.57 Å². The van der Waals surface area contributed by atoms with Crippen molar-refractivity contribution in [3.8, 4) is 28.4 Å². The van der Waals surface area contributed by atoms with Crippen molar-refractivity contribution in [1.29, 1.82) is 0 Å². The molecule has 10 heteroatoms. The molecule has 3 aromatic rings. The van der Waals surface area contributed by atoms with Crippen LogP contribution in [0.2, 0.25) is 0 Å². The molecule has 0 unspecified atom stereocenters. The Morgan fingerprint density at radius 1 is 1.06 bits per heavy atom. The maximum absolute atomic E-state index is 13.7. The first kappa shape index (κ1) is 23.2. The Morgan fingerprint density at radius 2 is 1.68 bits per heavy atom. The number of hydrogen-bond acceptors (Lipinski definition) is 5. The fourth-order valence-corrected chi connectivity index (χ4v) is 4.66. The van der Waals surface area contributed by atoms with Crippen molar-refractivity contribution < 1.29 is 22.3 Å². The van der Waals surface area contributed by atoms with Crippen LogP contribution in [-0.4, -0.2) is 20.1 Å². The molecule has 7 nitrogen and oxygen atoms in total. The number of sulfonamides is 1. The summed E-state index contributed by atoms with van der Waals surface area (Å²) in [5.41, 5.74) is 1.66. The average Bonchev–Trinajstić information content (AvgIpc) is 2.68. The number of hydrogen-bond donors (Lipinski definition) is 1. The number of primary sulfonamides is 1. The molecule has 1 heterocycles. The second kappa shape index (κ2) is 8.60. The van der Waals surface area contributed by atoms with E-state index < -0.39 is 10.0 Å². The van der Waals surface area contributed by atoms with Crippen molar-refractivity contribution in [2.24, 2.45) is 12.2 Å². The lowest BCUT2D eigenvalue weighted by atomic mass is 10.0. The Hall–Kier alpha value is -2.44. The zero-order valence-corrected chi connectivity index (χ0v) is 20.2. The summed E-state index contributed by atoms with van der Waals surface area (Å²) in [7, 11) is -1.02. The standard InChI is InChI=1S/C21H20FIN2O5S/c1-11-7-13(22)8-12(2)19(11)30-17-6-5-14(31(24,27)28)9-15(17)16-10-25(3)21(26)18(23)20(16)29-4/h5-10H,1-4H3,(H2,24,27,28). The molecule has 2 N–H and O–H groups in total. The first-order valence-electron chi connectivity index (χ1n) is 8.99. The lowest BCUT2D eigenvalue weighted by molar-refractivity contribution is 0.410. The molecule has 0 bridgehead atoms. The second-order valence-electron chi connectivity index (χ2n) is 6.98. The van der Waals surface area contributed by atoms with Gasteiger partial charge in [0.05, 0.1) is 12.0 Å². The first-order chi connectivity index (χ1) is 14.4. The van der Waals surface area contributed by atoms with Gasteiger partial charge >= 0.3 is 0 Å². The number of methoxy groups -OCH3 is 1. The number of nitrogens with zero attached hydrogens (tertiary/aromatic N) is 1. The van der Waals surface area contributed by atoms with Crippen LogP contribution in [-0.2, 0) is 17.1 Å². The van der Waals surface area contributed by atoms with Crippen molar-refractivity contribution in [3.05, 3.63) is 67.4 Å². The minimum absolute atomic E-state index is 0.131. The second-order valence-corrected chi connectivity index (χ2v) is 9.62. The highest BCUT2D eigenvalue weighted by molar-refractivity contribution is 14.1. The van der Waals surface area contributed by atoms with Crippen LogP contribution in [0.15, 0.2) is 46.2 Å². The number of pyridine rings is 1. The molecule has 1 aromatic heterocycles. The Bertz CT molecular complexity index is 1330. The van der Waals surface area contributed by atoms with Gasteiger partial charge in [0.15, 0.2) is 0 Å². The summed E-state index contributed by atoms with van der Waals surface area (Å²) < 4.78 is 50.9. The fourth-order valence-electron chi connectivity index (χ4n) is 3.23. The molecule has 0 aliphatic rings. The highest BCUT2D eigenvalue weighted by atomic mass is 127. The van der Waals surface area contributed by atoms with E-state index >= 15 is 0 Å². The van der Waals surface area contributed by atoms with Crippen LogP contribution in [0.4, 0.5) is 4.39 Å². The van der Waals surface area contributed by atoms with E-state index in [1.807, 2.05) is 22.6 Å². The smallest absolute Gasteiger partial charge is 0.267 e. The Kier molecular flexibility index (Phi) is 6.44. The number of halogens is 2. The van der Waals surface area contributed by atoms with E-state index in [1.165, 1.54) is 48.2 Å². The van der Waals surface area contributed by atoms with E-state index in [0.29, 0.717) is 31.6 Å². The largest absolute Gasteiger partial charge is 0.495 e. The monoisotopic (exact) mass is 558 g/mol. The number of rotatable bonds is 5. The van der Waals surface area contributed by atoms with E-state index in [1.54, 1.807) is 20.9 Å². The predicted octanol–water partition coefficient (Wildman–Crippen LogP) is 3.86. The molecular formula is C21H20FIN2O5S. The van der Waals surface area contributed by atoms with E-state index in [0.717, 1.165) is 0 Å². The Balaban J connectivity index is 2.33. The van der Waals surface area contributed by atoms with Crippen LogP contribution in [0.5, 0.6) is 17.2 Å². The molecule has 3 rings (SSSR count). The molecule has 31 heavy (non-hydrogen) atoms. The van der Waals surface area contributed by atoms with Gasteiger partial charge < -0.3 is 14.0 Å². The van der Waals surface area contributed by atoms with Crippen LogP contribution in [0.3, 0.4) is 0 Å². The van der Waals surface area contributed by atoms with Gasteiger partial charge in [0.2, 0.25) is 10.0 Å². The Labute approximate surface area is 192 Å². The lowest BCUT2D eigenvalue weighted by Gasteiger charge is -2.18. The number of aryl methyl sites for hydroxylation is 3. The van der Waals surface area contributed by atoms with Gasteiger partial charge in [-0.3, -0.25) is 4.79 Å². The lowest BCUT2D eigenvalue weighted by Crippen LogP contribution is -2.20. The normalized spacial score (nSPS) is 11.5. The molecule has 0 saturated heterocycles. The third-order valence-corrected chi connectivity index (χ3v) is 6.55. The molecule has 0 fully saturated rings. The highest BCUT2D eigenvalue weighted by Crippen LogP contribution is 2.41. The summed E-state index contributed by atoms with van der Waals surface area (Å²) in [4.78, 5) is 12.2. The van der Waals surface area contributed by atoms with Crippen molar-refractivity contribution in [2.75, 3.05) is 7.11 Å². The molecule has 0 atom stereocenters. The van der Waals surface area contributed by atoms with Crippen LogP contribution in [0, 0.1) is 23.2 Å². The van der Waals surface area contributed by atoms with Gasteiger partial charge in [0, 0.05) is 24.4 Å². The zero-order chi connectivity index (χ0) is 23.1. The average molecular weight is 558 g/mol. The first-order valence-corrected chi connectivity index (χ1v) is 11.6. The van der Waals surface area contributed by atoms with Crippen molar-refractivity contribution in [3.63, 3.8) is 0 Å². The molecule has 0 aliphatic carbocycles. The zero-order valence-electron chi connectivity index (χ0n) is 17.2. The SMILES string of the molecule is COc1c(-c2cc(S(N)(=O)=O)ccc2Oc2c(C)cc(F)cc2C)cn(C)c(=O)c1I. The van der Waals surface area contributed by atoms with Gasteiger partial charge in [-0.15, -0.1) is 0 Å². The third kappa shape index (κ3) is 4.60. The van der Waals surface area contributed by atoms with Gasteiger partial charge in [-0.25, -0.2) is 17.9 Å². The minimum atomic E-state index is -4.01. The summed E-state index contributed by atoms with van der Waals surface area (Å²) in [5, 5.41) is 5.33. The number of nitrogens with two attached hydrogens (primary N) is 1. The number of ether oxygens (including phenoxy) is 2. The Morgan fingerprint density at radius 3 is 2.23 bits per heavy atom. The molecule has 164 valence electrons. The van der Waals surface area contributed by atoms with Crippen molar-refractivity contribution in [2.45, 2.75) is 18.7 Å². The fraction of sp³-hybridized carbons (Fsp3) is 0.190. The molecule has 0 radical (unpaired) electrons. The number of benzene rings is 2. The van der Waals surface area contributed by atoms with Crippen LogP contribution < -0.4 is 20.2 Å². The molecular weight excluding hydrogens is 538 g/mol. The molecule has 0 aliphatic heterocycles. The molecule has 0 amide bonds. The van der Waals surface area contributed by atoms with E-state index in [2.05, 4.69) is 0 Å². The summed E-state index contributed by atoms with van der Waals surface area (Å²) in [6.07, 6.45) is 1.53. The predicted molar refractivity (Wildman–Crippen MR) is 124 cm³/mol. The van der Waals surface area contributed by atoms with Gasteiger partial charge in [0.1, 0.15) is 26.6 Å². The van der Waals surface area contributed by atoms with Crippen LogP contribution in [0.25, 0.3) is 11.1 Å². The van der Waals surface area contributed by atoms with E-state index in [4.69, 9.17) is 14.6 Å². The third-order valence-electron chi connectivity index (χ3n) is 4.69. The summed E-state index contributed by atoms with van der Waals surface area (Å²) in [6.45, 7) is 3.42. The van der Waals surface area contributed by atoms with Gasteiger partial charge in [0.25, 0.3) is 5.56 Å². The summed E-state index contributed by atoms with van der Waals surface area (Å²) in [6, 6.07) is 6.83. The van der Waals surface area contributed by atoms with Crippen LogP contribution >= 0.6 is 22.6 Å². The van der Waals surface area contributed by atoms with Gasteiger partial charge in [-0.1, -0.05) is 0 Å². The topological polar surface area (TPSA) is 101 Å². The van der Waals surface area contributed by atoms with E-state index in [9.17, 15) is 17.6 Å². The van der Waals surface area contributed by atoms with Gasteiger partial charge in [-0.2, -0.15) is 0 Å². The van der Waals surface area contributed by atoms with Crippen molar-refractivity contribution >= 4 is 32.6 Å². The highest BCUT2D eigenvalue weighted by Gasteiger charge is 2.22. The molecule has 0 saturated carbocycles. The number of aromatic nitrogens is 1. The quantitative estimate of drug-likeness (QED) is 0.480.